The van der Waals surface area contributed by atoms with E-state index < -0.39 is 0 Å². The highest BCUT2D eigenvalue weighted by Crippen LogP contribution is 2.28. The van der Waals surface area contributed by atoms with Crippen LogP contribution in [0, 0.1) is 6.92 Å². The van der Waals surface area contributed by atoms with E-state index in [1.165, 1.54) is 11.3 Å². The number of rotatable bonds is 1. The van der Waals surface area contributed by atoms with Crippen LogP contribution < -0.4 is 0 Å². The van der Waals surface area contributed by atoms with Gasteiger partial charge >= 0.3 is 0 Å². The molecule has 2 rings (SSSR count). The van der Waals surface area contributed by atoms with Crippen molar-refractivity contribution in [3.8, 4) is 0 Å². The average molecular weight is 286 g/mol. The maximum absolute atomic E-state index is 12.0. The van der Waals surface area contributed by atoms with E-state index >= 15 is 0 Å². The fraction of sp³-hybridized carbons (Fsp3) is 0.364. The maximum atomic E-state index is 12.0. The van der Waals surface area contributed by atoms with Gasteiger partial charge in [-0.3, -0.25) is 4.79 Å². The Balaban J connectivity index is 2.16. The van der Waals surface area contributed by atoms with Crippen molar-refractivity contribution in [2.75, 3.05) is 13.1 Å². The normalized spacial score (nSPS) is 15.7. The van der Waals surface area contributed by atoms with Gasteiger partial charge in [0.25, 0.3) is 5.91 Å². The van der Waals surface area contributed by atoms with Crippen LogP contribution >= 0.6 is 27.3 Å². The summed E-state index contributed by atoms with van der Waals surface area (Å²) in [6, 6.07) is 1.95. The smallest absolute Gasteiger partial charge is 0.264 e. The van der Waals surface area contributed by atoms with E-state index in [0.29, 0.717) is 0 Å². The summed E-state index contributed by atoms with van der Waals surface area (Å²) in [5.74, 6) is 0.151. The molecule has 0 radical (unpaired) electrons. The molecule has 1 amide bonds. The number of carbonyl (C=O) groups excluding carboxylic acids is 1. The number of hydrogen-bond acceptors (Lipinski definition) is 2. The van der Waals surface area contributed by atoms with Crippen molar-refractivity contribution in [2.24, 2.45) is 0 Å². The second kappa shape index (κ2) is 4.49. The third-order valence-corrected chi connectivity index (χ3v) is 4.54. The fourth-order valence-corrected chi connectivity index (χ4v) is 3.05. The van der Waals surface area contributed by atoms with E-state index in [1.807, 2.05) is 17.9 Å². The van der Waals surface area contributed by atoms with Gasteiger partial charge in [-0.2, -0.15) is 0 Å². The lowest BCUT2D eigenvalue weighted by Gasteiger charge is -2.22. The molecule has 0 aliphatic carbocycles. The lowest BCUT2D eigenvalue weighted by atomic mass is 10.2. The van der Waals surface area contributed by atoms with Crippen LogP contribution in [0.4, 0.5) is 0 Å². The Labute approximate surface area is 102 Å². The second-order valence-electron chi connectivity index (χ2n) is 3.58. The predicted molar refractivity (Wildman–Crippen MR) is 66.4 cm³/mol. The Morgan fingerprint density at radius 1 is 1.53 bits per heavy atom. The second-order valence-corrected chi connectivity index (χ2v) is 5.95. The molecule has 0 aromatic carbocycles. The van der Waals surface area contributed by atoms with Crippen molar-refractivity contribution in [1.82, 2.24) is 4.90 Å². The Hall–Kier alpha value is -0.610. The summed E-state index contributed by atoms with van der Waals surface area (Å²) >= 11 is 4.96. The summed E-state index contributed by atoms with van der Waals surface area (Å²) in [6.45, 7) is 3.59. The molecule has 2 nitrogen and oxygen atoms in total. The van der Waals surface area contributed by atoms with Crippen molar-refractivity contribution in [3.05, 3.63) is 32.4 Å². The van der Waals surface area contributed by atoms with Gasteiger partial charge in [-0.25, -0.2) is 0 Å². The minimum atomic E-state index is 0.151. The standard InChI is InChI=1S/C11H12BrNOS/c1-8-7-9(15-10(8)12)11(14)13-5-3-2-4-6-13/h2-3,7H,4-6H2,1H3. The van der Waals surface area contributed by atoms with Crippen molar-refractivity contribution in [2.45, 2.75) is 13.3 Å². The molecular weight excluding hydrogens is 274 g/mol. The molecule has 2 heterocycles. The van der Waals surface area contributed by atoms with Gasteiger partial charge < -0.3 is 4.90 Å². The zero-order valence-electron chi connectivity index (χ0n) is 8.50. The van der Waals surface area contributed by atoms with E-state index in [0.717, 1.165) is 33.7 Å². The predicted octanol–water partition coefficient (Wildman–Crippen LogP) is 3.22. The Bertz CT molecular complexity index is 391. The summed E-state index contributed by atoms with van der Waals surface area (Å²) < 4.78 is 1.05. The number of nitrogens with zero attached hydrogens (tertiary/aromatic N) is 1. The van der Waals surface area contributed by atoms with Gasteiger partial charge in [-0.1, -0.05) is 12.2 Å². The molecule has 0 saturated carbocycles. The highest BCUT2D eigenvalue weighted by molar-refractivity contribution is 9.11. The molecule has 0 N–H and O–H groups in total. The number of halogens is 1. The number of carbonyl (C=O) groups is 1. The van der Waals surface area contributed by atoms with Gasteiger partial charge in [0.2, 0.25) is 0 Å². The van der Waals surface area contributed by atoms with Gasteiger partial charge in [0, 0.05) is 13.1 Å². The first-order valence-electron chi connectivity index (χ1n) is 4.88. The molecule has 0 atom stereocenters. The molecule has 0 unspecified atom stereocenters. The molecule has 0 spiro atoms. The van der Waals surface area contributed by atoms with Crippen LogP contribution in [-0.4, -0.2) is 23.9 Å². The quantitative estimate of drug-likeness (QED) is 0.726. The Kier molecular flexibility index (Phi) is 3.26. The molecule has 1 aliphatic heterocycles. The molecule has 0 fully saturated rings. The third-order valence-electron chi connectivity index (χ3n) is 2.41. The summed E-state index contributed by atoms with van der Waals surface area (Å²) in [7, 11) is 0. The Morgan fingerprint density at radius 3 is 2.87 bits per heavy atom. The average Bonchev–Trinajstić information content (AvgIpc) is 2.59. The number of hydrogen-bond donors (Lipinski definition) is 0. The number of amides is 1. The minimum Gasteiger partial charge on any atom is -0.334 e. The van der Waals surface area contributed by atoms with E-state index in [1.54, 1.807) is 0 Å². The molecule has 0 bridgehead atoms. The maximum Gasteiger partial charge on any atom is 0.264 e. The molecule has 0 saturated heterocycles. The van der Waals surface area contributed by atoms with Crippen LogP contribution in [0.25, 0.3) is 0 Å². The van der Waals surface area contributed by atoms with E-state index in [2.05, 4.69) is 28.1 Å². The zero-order valence-corrected chi connectivity index (χ0v) is 10.9. The molecular formula is C11H12BrNOS. The van der Waals surface area contributed by atoms with Crippen molar-refractivity contribution in [1.29, 1.82) is 0 Å². The number of thiophene rings is 1. The molecule has 1 aromatic rings. The summed E-state index contributed by atoms with van der Waals surface area (Å²) in [4.78, 5) is 14.8. The first-order valence-corrected chi connectivity index (χ1v) is 6.49. The Morgan fingerprint density at radius 2 is 2.33 bits per heavy atom. The number of aryl methyl sites for hydroxylation is 1. The largest absolute Gasteiger partial charge is 0.334 e. The molecule has 1 aliphatic rings. The molecule has 1 aromatic heterocycles. The first kappa shape index (κ1) is 10.9. The van der Waals surface area contributed by atoms with Crippen LogP contribution in [0.5, 0.6) is 0 Å². The van der Waals surface area contributed by atoms with Crippen molar-refractivity contribution < 1.29 is 4.79 Å². The summed E-state index contributed by atoms with van der Waals surface area (Å²) in [5.41, 5.74) is 1.14. The van der Waals surface area contributed by atoms with Crippen LogP contribution in [0.15, 0.2) is 22.0 Å². The van der Waals surface area contributed by atoms with E-state index in [9.17, 15) is 4.79 Å². The molecule has 4 heteroatoms. The zero-order chi connectivity index (χ0) is 10.8. The summed E-state index contributed by atoms with van der Waals surface area (Å²) in [5, 5.41) is 0. The third kappa shape index (κ3) is 2.32. The molecule has 80 valence electrons. The first-order chi connectivity index (χ1) is 7.18. The topological polar surface area (TPSA) is 20.3 Å². The SMILES string of the molecule is Cc1cc(C(=O)N2CC=CCC2)sc1Br. The van der Waals surface area contributed by atoms with Gasteiger partial charge in [-0.05, 0) is 40.9 Å². The summed E-state index contributed by atoms with van der Waals surface area (Å²) in [6.07, 6.45) is 5.15. The van der Waals surface area contributed by atoms with Crippen LogP contribution in [0.2, 0.25) is 0 Å². The highest BCUT2D eigenvalue weighted by Gasteiger charge is 2.18. The van der Waals surface area contributed by atoms with Crippen LogP contribution in [0.3, 0.4) is 0 Å². The van der Waals surface area contributed by atoms with Crippen LogP contribution in [0.1, 0.15) is 21.7 Å². The molecule has 15 heavy (non-hydrogen) atoms. The van der Waals surface area contributed by atoms with Crippen molar-refractivity contribution >= 4 is 33.2 Å². The monoisotopic (exact) mass is 285 g/mol. The van der Waals surface area contributed by atoms with Gasteiger partial charge in [0.1, 0.15) is 0 Å². The van der Waals surface area contributed by atoms with E-state index in [-0.39, 0.29) is 5.91 Å². The lowest BCUT2D eigenvalue weighted by molar-refractivity contribution is 0.0776. The fourth-order valence-electron chi connectivity index (χ4n) is 1.55. The van der Waals surface area contributed by atoms with Gasteiger partial charge in [0.05, 0.1) is 8.66 Å². The van der Waals surface area contributed by atoms with Crippen LogP contribution in [-0.2, 0) is 0 Å². The van der Waals surface area contributed by atoms with E-state index in [4.69, 9.17) is 0 Å². The van der Waals surface area contributed by atoms with Gasteiger partial charge in [0.15, 0.2) is 0 Å². The van der Waals surface area contributed by atoms with Gasteiger partial charge in [-0.15, -0.1) is 11.3 Å². The lowest BCUT2D eigenvalue weighted by Crippen LogP contribution is -2.33. The highest BCUT2D eigenvalue weighted by atomic mass is 79.9. The van der Waals surface area contributed by atoms with Crippen molar-refractivity contribution in [3.63, 3.8) is 0 Å². The minimum absolute atomic E-state index is 0.151.